The lowest BCUT2D eigenvalue weighted by Crippen LogP contribution is -2.41. The van der Waals surface area contributed by atoms with Gasteiger partial charge < -0.3 is 14.5 Å². The van der Waals surface area contributed by atoms with E-state index >= 15 is 0 Å². The summed E-state index contributed by atoms with van der Waals surface area (Å²) in [5.74, 6) is -1.17. The van der Waals surface area contributed by atoms with Gasteiger partial charge in [-0.05, 0) is 24.6 Å². The van der Waals surface area contributed by atoms with E-state index in [-0.39, 0.29) is 17.8 Å². The average molecular weight is 412 g/mol. The Bertz CT molecular complexity index is 1120. The number of hydrogen-bond donors (Lipinski definition) is 2. The van der Waals surface area contributed by atoms with Gasteiger partial charge in [-0.1, -0.05) is 25.1 Å². The monoisotopic (exact) mass is 412 g/mol. The van der Waals surface area contributed by atoms with Crippen molar-refractivity contribution in [3.05, 3.63) is 64.5 Å². The molecular weight excluding hydrogens is 392 g/mol. The second-order valence-corrected chi connectivity index (χ2v) is 6.31. The molecule has 1 aromatic carbocycles. The van der Waals surface area contributed by atoms with Crippen LogP contribution in [0.3, 0.4) is 0 Å². The number of benzene rings is 1. The molecule has 0 aliphatic carbocycles. The molecule has 156 valence electrons. The van der Waals surface area contributed by atoms with Crippen LogP contribution in [-0.2, 0) is 22.6 Å². The van der Waals surface area contributed by atoms with Gasteiger partial charge in [0.2, 0.25) is 0 Å². The van der Waals surface area contributed by atoms with Crippen LogP contribution in [0.1, 0.15) is 29.6 Å². The van der Waals surface area contributed by atoms with Crippen molar-refractivity contribution in [2.45, 2.75) is 26.4 Å². The van der Waals surface area contributed by atoms with Crippen LogP contribution in [0.25, 0.3) is 10.8 Å². The number of esters is 1. The number of aryl methyl sites for hydroxylation is 1. The summed E-state index contributed by atoms with van der Waals surface area (Å²) in [6.45, 7) is 1.62. The summed E-state index contributed by atoms with van der Waals surface area (Å²) in [5, 5.41) is 9.23. The number of carbonyl (C=O) groups is 3. The summed E-state index contributed by atoms with van der Waals surface area (Å²) >= 11 is 0. The fourth-order valence-electron chi connectivity index (χ4n) is 2.74. The van der Waals surface area contributed by atoms with E-state index in [4.69, 9.17) is 9.15 Å². The van der Waals surface area contributed by atoms with E-state index < -0.39 is 24.5 Å². The van der Waals surface area contributed by atoms with Crippen molar-refractivity contribution in [3.8, 4) is 0 Å². The Labute approximate surface area is 170 Å². The molecule has 0 unspecified atom stereocenters. The van der Waals surface area contributed by atoms with E-state index in [1.807, 2.05) is 12.2 Å². The Morgan fingerprint density at radius 1 is 1.13 bits per heavy atom. The highest BCUT2D eigenvalue weighted by atomic mass is 16.5. The molecule has 0 saturated heterocycles. The molecule has 3 amide bonds. The average Bonchev–Trinajstić information content (AvgIpc) is 3.26. The number of amides is 3. The molecule has 10 heteroatoms. The highest BCUT2D eigenvalue weighted by molar-refractivity contribution is 6.03. The molecule has 0 saturated carbocycles. The molecule has 10 nitrogen and oxygen atoms in total. The maximum atomic E-state index is 12.5. The van der Waals surface area contributed by atoms with E-state index in [1.54, 1.807) is 36.4 Å². The fraction of sp³-hybridized carbons (Fsp3) is 0.250. The summed E-state index contributed by atoms with van der Waals surface area (Å²) in [6.07, 6.45) is 2.11. The SMILES string of the molecule is CCCn1nc(C(=O)OCC(=O)NC(=O)NCc2ccco2)c2ccccc2c1=O. The predicted octanol–water partition coefficient (Wildman–Crippen LogP) is 1.58. The fourth-order valence-corrected chi connectivity index (χ4v) is 2.74. The molecule has 0 fully saturated rings. The summed E-state index contributed by atoms with van der Waals surface area (Å²) in [5.41, 5.74) is -0.385. The van der Waals surface area contributed by atoms with Gasteiger partial charge in [-0.25, -0.2) is 14.3 Å². The van der Waals surface area contributed by atoms with Crippen molar-refractivity contribution < 1.29 is 23.5 Å². The standard InChI is InChI=1S/C20H20N4O6/c1-2-9-24-18(26)15-8-4-3-7-14(15)17(23-24)19(27)30-12-16(25)22-20(28)21-11-13-6-5-10-29-13/h3-8,10H,2,9,11-12H2,1H3,(H2,21,22,25,28). The number of urea groups is 1. The van der Waals surface area contributed by atoms with Gasteiger partial charge in [0.05, 0.1) is 18.2 Å². The number of nitrogens with one attached hydrogen (secondary N) is 2. The number of ether oxygens (including phenoxy) is 1. The van der Waals surface area contributed by atoms with Crippen molar-refractivity contribution in [1.29, 1.82) is 0 Å². The second-order valence-electron chi connectivity index (χ2n) is 6.31. The first kappa shape index (κ1) is 20.8. The third-order valence-corrected chi connectivity index (χ3v) is 4.09. The lowest BCUT2D eigenvalue weighted by atomic mass is 10.1. The van der Waals surface area contributed by atoms with Gasteiger partial charge in [0.1, 0.15) is 5.76 Å². The van der Waals surface area contributed by atoms with Crippen molar-refractivity contribution in [1.82, 2.24) is 20.4 Å². The molecule has 0 atom stereocenters. The first-order valence-corrected chi connectivity index (χ1v) is 9.26. The van der Waals surface area contributed by atoms with Crippen LogP contribution in [0.2, 0.25) is 0 Å². The highest BCUT2D eigenvalue weighted by Crippen LogP contribution is 2.14. The van der Waals surface area contributed by atoms with Crippen molar-refractivity contribution in [3.63, 3.8) is 0 Å². The van der Waals surface area contributed by atoms with Crippen molar-refractivity contribution >= 4 is 28.7 Å². The topological polar surface area (TPSA) is 133 Å². The highest BCUT2D eigenvalue weighted by Gasteiger charge is 2.19. The van der Waals surface area contributed by atoms with E-state index in [2.05, 4.69) is 10.4 Å². The van der Waals surface area contributed by atoms with Crippen LogP contribution in [0.15, 0.2) is 51.9 Å². The van der Waals surface area contributed by atoms with Crippen LogP contribution < -0.4 is 16.2 Å². The number of nitrogens with zero attached hydrogens (tertiary/aromatic N) is 2. The minimum Gasteiger partial charge on any atom is -0.467 e. The predicted molar refractivity (Wildman–Crippen MR) is 106 cm³/mol. The largest absolute Gasteiger partial charge is 0.467 e. The van der Waals surface area contributed by atoms with Crippen LogP contribution in [0, 0.1) is 0 Å². The second kappa shape index (κ2) is 9.50. The van der Waals surface area contributed by atoms with Gasteiger partial charge in [0, 0.05) is 11.9 Å². The first-order valence-electron chi connectivity index (χ1n) is 9.26. The Balaban J connectivity index is 1.63. The zero-order valence-electron chi connectivity index (χ0n) is 16.2. The normalized spacial score (nSPS) is 10.6. The van der Waals surface area contributed by atoms with Gasteiger partial charge in [-0.15, -0.1) is 0 Å². The Kier molecular flexibility index (Phi) is 6.58. The molecule has 0 spiro atoms. The van der Waals surface area contributed by atoms with Crippen molar-refractivity contribution in [2.24, 2.45) is 0 Å². The molecule has 3 aromatic rings. The molecule has 2 aromatic heterocycles. The third-order valence-electron chi connectivity index (χ3n) is 4.09. The maximum Gasteiger partial charge on any atom is 0.359 e. The molecule has 0 aliphatic rings. The quantitative estimate of drug-likeness (QED) is 0.563. The zero-order chi connectivity index (χ0) is 21.5. The first-order chi connectivity index (χ1) is 14.5. The molecule has 0 aliphatic heterocycles. The van der Waals surface area contributed by atoms with Gasteiger partial charge in [0.25, 0.3) is 11.5 Å². The molecule has 3 rings (SSSR count). The maximum absolute atomic E-state index is 12.5. The number of imide groups is 1. The van der Waals surface area contributed by atoms with E-state index in [0.717, 1.165) is 0 Å². The lowest BCUT2D eigenvalue weighted by molar-refractivity contribution is -0.123. The van der Waals surface area contributed by atoms with Crippen LogP contribution in [0.4, 0.5) is 4.79 Å². The number of carbonyl (C=O) groups excluding carboxylic acids is 3. The summed E-state index contributed by atoms with van der Waals surface area (Å²) in [6, 6.07) is 9.11. The van der Waals surface area contributed by atoms with Gasteiger partial charge >= 0.3 is 12.0 Å². The molecular formula is C20H20N4O6. The Hall–Kier alpha value is -3.95. The molecule has 30 heavy (non-hydrogen) atoms. The van der Waals surface area contributed by atoms with E-state index in [1.165, 1.54) is 10.9 Å². The minimum absolute atomic E-state index is 0.0753. The Morgan fingerprint density at radius 2 is 1.90 bits per heavy atom. The van der Waals surface area contributed by atoms with Gasteiger partial charge in [0.15, 0.2) is 12.3 Å². The summed E-state index contributed by atoms with van der Waals surface area (Å²) in [7, 11) is 0. The summed E-state index contributed by atoms with van der Waals surface area (Å²) in [4.78, 5) is 48.6. The third kappa shape index (κ3) is 4.90. The van der Waals surface area contributed by atoms with E-state index in [9.17, 15) is 19.2 Å². The minimum atomic E-state index is -0.873. The lowest BCUT2D eigenvalue weighted by Gasteiger charge is -2.10. The van der Waals surface area contributed by atoms with E-state index in [0.29, 0.717) is 29.5 Å². The summed E-state index contributed by atoms with van der Waals surface area (Å²) < 4.78 is 11.2. The van der Waals surface area contributed by atoms with Gasteiger partial charge in [-0.3, -0.25) is 14.9 Å². The van der Waals surface area contributed by atoms with Crippen LogP contribution in [0.5, 0.6) is 0 Å². The number of aromatic nitrogens is 2. The number of hydrogen-bond acceptors (Lipinski definition) is 7. The molecule has 0 bridgehead atoms. The molecule has 2 heterocycles. The molecule has 2 N–H and O–H groups in total. The zero-order valence-corrected chi connectivity index (χ0v) is 16.2. The van der Waals surface area contributed by atoms with Crippen LogP contribution in [-0.4, -0.2) is 34.3 Å². The molecule has 0 radical (unpaired) electrons. The smallest absolute Gasteiger partial charge is 0.359 e. The van der Waals surface area contributed by atoms with Crippen molar-refractivity contribution in [2.75, 3.05) is 6.61 Å². The number of rotatable bonds is 7. The number of fused-ring (bicyclic) bond motifs is 1. The number of furan rings is 1. The Morgan fingerprint density at radius 3 is 2.60 bits per heavy atom. The van der Waals surface area contributed by atoms with Crippen LogP contribution >= 0.6 is 0 Å². The van der Waals surface area contributed by atoms with Gasteiger partial charge in [-0.2, -0.15) is 5.10 Å².